The van der Waals surface area contributed by atoms with E-state index in [9.17, 15) is 0 Å². The van der Waals surface area contributed by atoms with Gasteiger partial charge in [0.15, 0.2) is 0 Å². The number of aromatic nitrogens is 2. The predicted molar refractivity (Wildman–Crippen MR) is 76.5 cm³/mol. The van der Waals surface area contributed by atoms with Crippen molar-refractivity contribution in [1.29, 1.82) is 0 Å². The van der Waals surface area contributed by atoms with Crippen molar-refractivity contribution >= 4 is 28.5 Å². The van der Waals surface area contributed by atoms with Gasteiger partial charge in [0.25, 0.3) is 0 Å². The van der Waals surface area contributed by atoms with Gasteiger partial charge >= 0.3 is 0 Å². The van der Waals surface area contributed by atoms with E-state index in [2.05, 4.69) is 72.5 Å². The molecule has 90 valence electrons. The third kappa shape index (κ3) is 5.09. The van der Waals surface area contributed by atoms with E-state index in [1.807, 2.05) is 12.4 Å². The molecule has 0 radical (unpaired) electrons. The summed E-state index contributed by atoms with van der Waals surface area (Å²) in [4.78, 5) is 8.53. The molecule has 0 amide bonds. The molecule has 0 saturated carbocycles. The topological polar surface area (TPSA) is 37.8 Å². The summed E-state index contributed by atoms with van der Waals surface area (Å²) in [5.41, 5.74) is 0.296. The van der Waals surface area contributed by atoms with Crippen molar-refractivity contribution in [3.8, 4) is 0 Å². The Morgan fingerprint density at radius 3 is 2.06 bits per heavy atom. The van der Waals surface area contributed by atoms with Crippen LogP contribution in [-0.4, -0.2) is 15.5 Å². The van der Waals surface area contributed by atoms with E-state index in [4.69, 9.17) is 0 Å². The molecule has 1 aromatic heterocycles. The predicted octanol–water partition coefficient (Wildman–Crippen LogP) is 3.71. The van der Waals surface area contributed by atoms with Gasteiger partial charge in [0.05, 0.1) is 0 Å². The van der Waals surface area contributed by atoms with Gasteiger partial charge in [-0.3, -0.25) is 0 Å². The summed E-state index contributed by atoms with van der Waals surface area (Å²) in [6.45, 7) is 11.1. The second-order valence-corrected chi connectivity index (χ2v) is 7.22. The summed E-state index contributed by atoms with van der Waals surface area (Å²) in [5, 5.41) is 3.38. The van der Waals surface area contributed by atoms with Gasteiger partial charge in [-0.2, -0.15) is 0 Å². The minimum Gasteiger partial charge on any atom is -0.349 e. The minimum absolute atomic E-state index is 0.00500. The lowest BCUT2D eigenvalue weighted by molar-refractivity contribution is 0.301. The van der Waals surface area contributed by atoms with Crippen LogP contribution < -0.4 is 5.32 Å². The fourth-order valence-electron chi connectivity index (χ4n) is 2.05. The minimum atomic E-state index is 0.00500. The van der Waals surface area contributed by atoms with E-state index >= 15 is 0 Å². The van der Waals surface area contributed by atoms with Crippen LogP contribution >= 0.6 is 22.6 Å². The van der Waals surface area contributed by atoms with E-state index in [-0.39, 0.29) is 5.54 Å². The largest absolute Gasteiger partial charge is 0.349 e. The third-order valence-corrected chi connectivity index (χ3v) is 2.60. The van der Waals surface area contributed by atoms with Crippen LogP contribution in [0.3, 0.4) is 0 Å². The van der Waals surface area contributed by atoms with Crippen molar-refractivity contribution in [2.75, 3.05) is 5.32 Å². The van der Waals surface area contributed by atoms with Crippen LogP contribution in [0.15, 0.2) is 12.4 Å². The van der Waals surface area contributed by atoms with Gasteiger partial charge in [0.2, 0.25) is 5.95 Å². The molecule has 0 aliphatic heterocycles. The molecule has 0 fully saturated rings. The molecule has 1 heterocycles. The number of anilines is 1. The highest BCUT2D eigenvalue weighted by molar-refractivity contribution is 14.1. The smallest absolute Gasteiger partial charge is 0.223 e. The van der Waals surface area contributed by atoms with Gasteiger partial charge in [-0.15, -0.1) is 0 Å². The first-order valence-corrected chi connectivity index (χ1v) is 6.52. The summed E-state index contributed by atoms with van der Waals surface area (Å²) in [6.07, 6.45) is 4.71. The van der Waals surface area contributed by atoms with E-state index in [1.54, 1.807) is 0 Å². The number of hydrogen-bond acceptors (Lipinski definition) is 3. The molecule has 0 aliphatic carbocycles. The highest BCUT2D eigenvalue weighted by atomic mass is 127. The standard InChI is InChI=1S/C12H20IN3/c1-11(2,3)8-12(4,5)16-10-14-6-9(13)7-15-10/h6-7H,8H2,1-5H3,(H,14,15,16). The molecule has 0 unspecified atom stereocenters. The molecule has 1 N–H and O–H groups in total. The molecule has 0 aromatic carbocycles. The maximum Gasteiger partial charge on any atom is 0.223 e. The summed E-state index contributed by atoms with van der Waals surface area (Å²) in [6, 6.07) is 0. The lowest BCUT2D eigenvalue weighted by atomic mass is 9.82. The lowest BCUT2D eigenvalue weighted by Gasteiger charge is -2.33. The highest BCUT2D eigenvalue weighted by Crippen LogP contribution is 2.28. The molecule has 0 bridgehead atoms. The Morgan fingerprint density at radius 1 is 1.12 bits per heavy atom. The van der Waals surface area contributed by atoms with Crippen molar-refractivity contribution < 1.29 is 0 Å². The van der Waals surface area contributed by atoms with Gasteiger partial charge in [-0.05, 0) is 48.3 Å². The van der Waals surface area contributed by atoms with Crippen molar-refractivity contribution in [3.63, 3.8) is 0 Å². The van der Waals surface area contributed by atoms with Gasteiger partial charge in [-0.25, -0.2) is 9.97 Å². The van der Waals surface area contributed by atoms with Crippen LogP contribution in [-0.2, 0) is 0 Å². The van der Waals surface area contributed by atoms with Gasteiger partial charge in [0.1, 0.15) is 0 Å². The van der Waals surface area contributed by atoms with Gasteiger partial charge in [0, 0.05) is 21.5 Å². The first kappa shape index (κ1) is 13.7. The Morgan fingerprint density at radius 2 is 1.62 bits per heavy atom. The molecule has 4 heteroatoms. The SMILES string of the molecule is CC(C)(C)CC(C)(C)Nc1ncc(I)cn1. The number of rotatable bonds is 3. The molecule has 16 heavy (non-hydrogen) atoms. The molecular weight excluding hydrogens is 313 g/mol. The Kier molecular flexibility index (Phi) is 4.15. The van der Waals surface area contributed by atoms with Crippen molar-refractivity contribution in [3.05, 3.63) is 16.0 Å². The quantitative estimate of drug-likeness (QED) is 0.857. The average molecular weight is 333 g/mol. The van der Waals surface area contributed by atoms with Crippen LogP contribution in [0.25, 0.3) is 0 Å². The van der Waals surface area contributed by atoms with Gasteiger partial charge in [-0.1, -0.05) is 20.8 Å². The zero-order chi connectivity index (χ0) is 12.4. The van der Waals surface area contributed by atoms with Gasteiger partial charge < -0.3 is 5.32 Å². The Hall–Kier alpha value is -0.390. The van der Waals surface area contributed by atoms with E-state index in [1.165, 1.54) is 0 Å². The Labute approximate surface area is 112 Å². The fraction of sp³-hybridized carbons (Fsp3) is 0.667. The first-order valence-electron chi connectivity index (χ1n) is 5.44. The third-order valence-electron chi connectivity index (χ3n) is 2.04. The lowest BCUT2D eigenvalue weighted by Crippen LogP contribution is -2.36. The van der Waals surface area contributed by atoms with Crippen LogP contribution in [0.4, 0.5) is 5.95 Å². The number of nitrogens with zero attached hydrogens (tertiary/aromatic N) is 2. The number of hydrogen-bond donors (Lipinski definition) is 1. The van der Waals surface area contributed by atoms with Crippen LogP contribution in [0.5, 0.6) is 0 Å². The number of nitrogens with one attached hydrogen (secondary N) is 1. The second-order valence-electron chi connectivity index (χ2n) is 5.97. The van der Waals surface area contributed by atoms with E-state index in [0.29, 0.717) is 11.4 Å². The molecule has 3 nitrogen and oxygen atoms in total. The highest BCUT2D eigenvalue weighted by Gasteiger charge is 2.25. The molecular formula is C12H20IN3. The maximum atomic E-state index is 4.26. The first-order chi connectivity index (χ1) is 7.18. The molecule has 0 aliphatic rings. The summed E-state index contributed by atoms with van der Waals surface area (Å²) in [7, 11) is 0. The maximum absolute atomic E-state index is 4.26. The van der Waals surface area contributed by atoms with Crippen LogP contribution in [0.1, 0.15) is 41.0 Å². The van der Waals surface area contributed by atoms with Crippen molar-refractivity contribution in [2.24, 2.45) is 5.41 Å². The average Bonchev–Trinajstić information content (AvgIpc) is 2.04. The zero-order valence-electron chi connectivity index (χ0n) is 10.6. The monoisotopic (exact) mass is 333 g/mol. The fourth-order valence-corrected chi connectivity index (χ4v) is 2.33. The normalized spacial score (nSPS) is 12.6. The Balaban J connectivity index is 2.69. The molecule has 1 rings (SSSR count). The van der Waals surface area contributed by atoms with E-state index in [0.717, 1.165) is 9.99 Å². The zero-order valence-corrected chi connectivity index (χ0v) is 12.8. The van der Waals surface area contributed by atoms with E-state index < -0.39 is 0 Å². The molecule has 0 atom stereocenters. The number of halogens is 1. The second kappa shape index (κ2) is 4.85. The molecule has 1 aromatic rings. The molecule has 0 saturated heterocycles. The Bertz CT molecular complexity index is 338. The van der Waals surface area contributed by atoms with Crippen molar-refractivity contribution in [1.82, 2.24) is 9.97 Å². The summed E-state index contributed by atoms with van der Waals surface area (Å²) >= 11 is 2.20. The van der Waals surface area contributed by atoms with Crippen LogP contribution in [0.2, 0.25) is 0 Å². The summed E-state index contributed by atoms with van der Waals surface area (Å²) in [5.74, 6) is 0.703. The van der Waals surface area contributed by atoms with Crippen LogP contribution in [0, 0.1) is 8.99 Å². The summed E-state index contributed by atoms with van der Waals surface area (Å²) < 4.78 is 1.05. The van der Waals surface area contributed by atoms with Crippen molar-refractivity contribution in [2.45, 2.75) is 46.6 Å². The molecule has 0 spiro atoms.